The molecule has 0 saturated carbocycles. The molecule has 2 fully saturated rings. The third kappa shape index (κ3) is 4.76. The quantitative estimate of drug-likeness (QED) is 0.558. The molecule has 3 aromatic rings. The summed E-state index contributed by atoms with van der Waals surface area (Å²) in [5, 5.41) is 3.90. The van der Waals surface area contributed by atoms with Crippen LogP contribution in [0.4, 0.5) is 0 Å². The minimum atomic E-state index is -0.0398. The van der Waals surface area contributed by atoms with Crippen molar-refractivity contribution in [1.82, 2.24) is 15.2 Å². The van der Waals surface area contributed by atoms with Crippen LogP contribution in [-0.4, -0.2) is 40.9 Å². The van der Waals surface area contributed by atoms with Gasteiger partial charge in [-0.3, -0.25) is 14.6 Å². The zero-order valence-corrected chi connectivity index (χ0v) is 19.6. The number of carbonyl (C=O) groups is 2. The van der Waals surface area contributed by atoms with Crippen molar-refractivity contribution < 1.29 is 14.3 Å². The van der Waals surface area contributed by atoms with E-state index in [1.165, 1.54) is 0 Å². The molecule has 34 heavy (non-hydrogen) atoms. The summed E-state index contributed by atoms with van der Waals surface area (Å²) < 4.78 is 6.53. The molecule has 1 N–H and O–H groups in total. The van der Waals surface area contributed by atoms with Crippen LogP contribution >= 0.6 is 0 Å². The van der Waals surface area contributed by atoms with E-state index in [0.29, 0.717) is 25.9 Å². The maximum absolute atomic E-state index is 12.2. The molecule has 2 aliphatic heterocycles. The van der Waals surface area contributed by atoms with Crippen LogP contribution in [0.3, 0.4) is 0 Å². The van der Waals surface area contributed by atoms with Crippen molar-refractivity contribution in [3.8, 4) is 16.9 Å². The van der Waals surface area contributed by atoms with Crippen LogP contribution < -0.4 is 10.1 Å². The summed E-state index contributed by atoms with van der Waals surface area (Å²) in [6.45, 7) is 4.27. The average Bonchev–Trinajstić information content (AvgIpc) is 3.30. The fourth-order valence-electron chi connectivity index (χ4n) is 5.03. The first-order chi connectivity index (χ1) is 16.6. The first kappa shape index (κ1) is 22.4. The van der Waals surface area contributed by atoms with E-state index in [4.69, 9.17) is 4.74 Å². The topological polar surface area (TPSA) is 71.5 Å². The standard InChI is InChI=1S/C28H31N3O3/c1-2-25(22-16-27(32)30-17-22)34-26-15-21(14-24-23(26)6-5-12-29-24)20-10-8-19(9-11-20)18-31-13-4-3-7-28(31)33/h5-6,8-12,14-15,22,25H,2-4,7,13,16-18H2,1H3,(H,30,32)/t22-,25-/m1/s1. The van der Waals surface area contributed by atoms with E-state index >= 15 is 0 Å². The van der Waals surface area contributed by atoms with Gasteiger partial charge < -0.3 is 15.0 Å². The van der Waals surface area contributed by atoms with Crippen molar-refractivity contribution in [2.75, 3.05) is 13.1 Å². The first-order valence-electron chi connectivity index (χ1n) is 12.3. The molecular formula is C28H31N3O3. The number of pyridine rings is 1. The molecule has 6 heteroatoms. The van der Waals surface area contributed by atoms with Crippen molar-refractivity contribution in [1.29, 1.82) is 0 Å². The normalized spacial score (nSPS) is 19.3. The molecule has 0 bridgehead atoms. The molecule has 0 spiro atoms. The number of aromatic nitrogens is 1. The summed E-state index contributed by atoms with van der Waals surface area (Å²) in [4.78, 5) is 30.4. The Bertz CT molecular complexity index is 1190. The van der Waals surface area contributed by atoms with E-state index in [0.717, 1.165) is 59.2 Å². The lowest BCUT2D eigenvalue weighted by atomic mass is 9.98. The van der Waals surface area contributed by atoms with E-state index in [2.05, 4.69) is 53.6 Å². The molecule has 6 nitrogen and oxygen atoms in total. The molecule has 1 aromatic heterocycles. The molecule has 2 aliphatic rings. The van der Waals surface area contributed by atoms with Gasteiger partial charge in [0.1, 0.15) is 11.9 Å². The molecule has 0 aliphatic carbocycles. The predicted molar refractivity (Wildman–Crippen MR) is 132 cm³/mol. The van der Waals surface area contributed by atoms with Gasteiger partial charge in [-0.25, -0.2) is 0 Å². The highest BCUT2D eigenvalue weighted by Gasteiger charge is 2.30. The maximum Gasteiger partial charge on any atom is 0.222 e. The summed E-state index contributed by atoms with van der Waals surface area (Å²) >= 11 is 0. The second kappa shape index (κ2) is 9.84. The molecule has 3 heterocycles. The Morgan fingerprint density at radius 3 is 2.71 bits per heavy atom. The van der Waals surface area contributed by atoms with Crippen LogP contribution in [0.2, 0.25) is 0 Å². The van der Waals surface area contributed by atoms with E-state index < -0.39 is 0 Å². The largest absolute Gasteiger partial charge is 0.489 e. The Balaban J connectivity index is 1.41. The minimum absolute atomic E-state index is 0.0398. The predicted octanol–water partition coefficient (Wildman–Crippen LogP) is 4.71. The third-order valence-electron chi connectivity index (χ3n) is 6.98. The van der Waals surface area contributed by atoms with Crippen molar-refractivity contribution in [3.05, 3.63) is 60.3 Å². The fourth-order valence-corrected chi connectivity index (χ4v) is 5.03. The molecule has 176 valence electrons. The van der Waals surface area contributed by atoms with Gasteiger partial charge in [-0.1, -0.05) is 31.2 Å². The smallest absolute Gasteiger partial charge is 0.222 e. The monoisotopic (exact) mass is 457 g/mol. The second-order valence-corrected chi connectivity index (χ2v) is 9.35. The Hall–Kier alpha value is -3.41. The van der Waals surface area contributed by atoms with Crippen molar-refractivity contribution in [2.45, 2.75) is 51.7 Å². The number of carbonyl (C=O) groups excluding carboxylic acids is 2. The van der Waals surface area contributed by atoms with Crippen LogP contribution in [0.5, 0.6) is 5.75 Å². The molecule has 0 radical (unpaired) electrons. The minimum Gasteiger partial charge on any atom is -0.489 e. The molecule has 0 unspecified atom stereocenters. The number of hydrogen-bond donors (Lipinski definition) is 1. The summed E-state index contributed by atoms with van der Waals surface area (Å²) in [5.41, 5.74) is 4.14. The summed E-state index contributed by atoms with van der Waals surface area (Å²) in [6, 6.07) is 16.5. The maximum atomic E-state index is 12.2. The number of piperidine rings is 1. The van der Waals surface area contributed by atoms with Crippen LogP contribution in [0.1, 0.15) is 44.6 Å². The lowest BCUT2D eigenvalue weighted by Gasteiger charge is -2.26. The molecule has 5 rings (SSSR count). The van der Waals surface area contributed by atoms with E-state index in [1.807, 2.05) is 17.0 Å². The molecule has 2 saturated heterocycles. The van der Waals surface area contributed by atoms with E-state index in [-0.39, 0.29) is 23.8 Å². The highest BCUT2D eigenvalue weighted by Crippen LogP contribution is 2.34. The van der Waals surface area contributed by atoms with Gasteiger partial charge in [0.25, 0.3) is 0 Å². The molecule has 2 amide bonds. The highest BCUT2D eigenvalue weighted by atomic mass is 16.5. The van der Waals surface area contributed by atoms with Crippen molar-refractivity contribution >= 4 is 22.7 Å². The van der Waals surface area contributed by atoms with Gasteiger partial charge in [-0.05, 0) is 60.2 Å². The van der Waals surface area contributed by atoms with Crippen LogP contribution in [0.15, 0.2) is 54.7 Å². The second-order valence-electron chi connectivity index (χ2n) is 9.35. The van der Waals surface area contributed by atoms with E-state index in [9.17, 15) is 9.59 Å². The van der Waals surface area contributed by atoms with Crippen LogP contribution in [0.25, 0.3) is 22.0 Å². The summed E-state index contributed by atoms with van der Waals surface area (Å²) in [7, 11) is 0. The van der Waals surface area contributed by atoms with Gasteiger partial charge in [-0.2, -0.15) is 0 Å². The zero-order valence-electron chi connectivity index (χ0n) is 19.6. The number of amides is 2. The lowest BCUT2D eigenvalue weighted by Crippen LogP contribution is -2.34. The molecular weight excluding hydrogens is 426 g/mol. The first-order valence-corrected chi connectivity index (χ1v) is 12.3. The number of nitrogens with zero attached hydrogens (tertiary/aromatic N) is 2. The number of ether oxygens (including phenoxy) is 1. The molecule has 2 atom stereocenters. The SMILES string of the molecule is CC[C@@H](Oc1cc(-c2ccc(CN3CCCCC3=O)cc2)cc2ncccc12)[C@H]1CNC(=O)C1. The van der Waals surface area contributed by atoms with Crippen LogP contribution in [0, 0.1) is 5.92 Å². The Labute approximate surface area is 200 Å². The summed E-state index contributed by atoms with van der Waals surface area (Å²) in [6.07, 6.45) is 5.84. The molecule has 2 aromatic carbocycles. The van der Waals surface area contributed by atoms with Gasteiger partial charge in [-0.15, -0.1) is 0 Å². The summed E-state index contributed by atoms with van der Waals surface area (Å²) in [5.74, 6) is 1.32. The Morgan fingerprint density at radius 1 is 1.12 bits per heavy atom. The van der Waals surface area contributed by atoms with Gasteiger partial charge in [0, 0.05) is 50.0 Å². The number of hydrogen-bond acceptors (Lipinski definition) is 4. The zero-order chi connectivity index (χ0) is 23.5. The fraction of sp³-hybridized carbons (Fsp3) is 0.393. The average molecular weight is 458 g/mol. The van der Waals surface area contributed by atoms with Crippen LogP contribution in [-0.2, 0) is 16.1 Å². The van der Waals surface area contributed by atoms with Gasteiger partial charge >= 0.3 is 0 Å². The van der Waals surface area contributed by atoms with Crippen molar-refractivity contribution in [3.63, 3.8) is 0 Å². The number of likely N-dealkylation sites (tertiary alicyclic amines) is 1. The number of rotatable bonds is 7. The lowest BCUT2D eigenvalue weighted by molar-refractivity contribution is -0.133. The van der Waals surface area contributed by atoms with Gasteiger partial charge in [0.05, 0.1) is 5.52 Å². The highest BCUT2D eigenvalue weighted by molar-refractivity contribution is 5.90. The Kier molecular flexibility index (Phi) is 6.48. The third-order valence-corrected chi connectivity index (χ3v) is 6.98. The van der Waals surface area contributed by atoms with Gasteiger partial charge in [0.2, 0.25) is 11.8 Å². The van der Waals surface area contributed by atoms with E-state index in [1.54, 1.807) is 6.20 Å². The van der Waals surface area contributed by atoms with Gasteiger partial charge in [0.15, 0.2) is 0 Å². The Morgan fingerprint density at radius 2 is 1.97 bits per heavy atom. The van der Waals surface area contributed by atoms with Crippen molar-refractivity contribution in [2.24, 2.45) is 5.92 Å². The number of nitrogens with one attached hydrogen (secondary N) is 1. The number of fused-ring (bicyclic) bond motifs is 1. The number of benzene rings is 2.